The van der Waals surface area contributed by atoms with Crippen LogP contribution in [0.1, 0.15) is 43.7 Å². The van der Waals surface area contributed by atoms with Crippen molar-refractivity contribution in [2.75, 3.05) is 11.9 Å². The number of hydrogen-bond donors (Lipinski definition) is 2. The fraction of sp³-hybridized carbons (Fsp3) is 0.296. The highest BCUT2D eigenvalue weighted by Gasteiger charge is 2.23. The second-order valence-corrected chi connectivity index (χ2v) is 9.11. The Labute approximate surface area is 208 Å². The van der Waals surface area contributed by atoms with Gasteiger partial charge in [0, 0.05) is 18.8 Å². The highest BCUT2D eigenvalue weighted by atomic mass is 19.1. The van der Waals surface area contributed by atoms with Gasteiger partial charge in [0.1, 0.15) is 11.6 Å². The van der Waals surface area contributed by atoms with Gasteiger partial charge >= 0.3 is 0 Å². The van der Waals surface area contributed by atoms with Crippen LogP contribution in [0.3, 0.4) is 0 Å². The molecule has 0 fully saturated rings. The molecule has 5 rings (SSSR count). The first-order chi connectivity index (χ1) is 17.4. The van der Waals surface area contributed by atoms with Crippen LogP contribution in [0, 0.1) is 11.6 Å². The van der Waals surface area contributed by atoms with Gasteiger partial charge in [-0.3, -0.25) is 4.98 Å². The number of fused-ring (bicyclic) bond motifs is 1. The summed E-state index contributed by atoms with van der Waals surface area (Å²) in [5, 5.41) is 7.84. The molecule has 1 aromatic carbocycles. The van der Waals surface area contributed by atoms with Crippen molar-refractivity contribution in [2.45, 2.75) is 45.3 Å². The Morgan fingerprint density at radius 2 is 1.97 bits per heavy atom. The maximum atomic E-state index is 14.9. The minimum absolute atomic E-state index is 0.00552. The van der Waals surface area contributed by atoms with E-state index in [1.54, 1.807) is 30.7 Å². The van der Waals surface area contributed by atoms with Crippen LogP contribution in [0.15, 0.2) is 60.6 Å². The van der Waals surface area contributed by atoms with E-state index in [0.717, 1.165) is 24.1 Å². The van der Waals surface area contributed by atoms with Crippen molar-refractivity contribution in [3.63, 3.8) is 0 Å². The molecule has 36 heavy (non-hydrogen) atoms. The third-order valence-corrected chi connectivity index (χ3v) is 6.38. The third-order valence-electron chi connectivity index (χ3n) is 6.38. The lowest BCUT2D eigenvalue weighted by Gasteiger charge is -2.27. The predicted octanol–water partition coefficient (Wildman–Crippen LogP) is 5.50. The van der Waals surface area contributed by atoms with Crippen LogP contribution < -0.4 is 11.1 Å². The zero-order valence-corrected chi connectivity index (χ0v) is 20.2. The number of nitrogens with zero attached hydrogens (tertiary/aromatic N) is 4. The van der Waals surface area contributed by atoms with E-state index >= 15 is 0 Å². The second kappa shape index (κ2) is 10.1. The molecule has 0 amide bonds. The molecular weight excluding hydrogens is 462 g/mol. The van der Waals surface area contributed by atoms with Crippen molar-refractivity contribution in [1.82, 2.24) is 19.6 Å². The summed E-state index contributed by atoms with van der Waals surface area (Å²) in [6.45, 7) is 4.52. The monoisotopic (exact) mass is 490 g/mol. The smallest absolute Gasteiger partial charge is 0.229 e. The van der Waals surface area contributed by atoms with Gasteiger partial charge < -0.3 is 15.8 Å². The van der Waals surface area contributed by atoms with E-state index in [9.17, 15) is 8.78 Å². The molecule has 186 valence electrons. The Kier molecular flexibility index (Phi) is 6.75. The summed E-state index contributed by atoms with van der Waals surface area (Å²) in [7, 11) is 0. The van der Waals surface area contributed by atoms with Gasteiger partial charge in [-0.2, -0.15) is 9.61 Å². The van der Waals surface area contributed by atoms with Gasteiger partial charge in [0.2, 0.25) is 5.95 Å². The standard InChI is InChI=1S/C27H28F2N6O/c1-3-36-15-17-10-22(28)26(23(29)11-17)24-5-4-20-13-32-27(35(20)34-24)33-25-14-31-7-6-21(25)18-8-16(2)9-19(30)12-18/h4-7,9-11,13-14,18-19H,3,8,12,15,30H2,1-2H3,(H,32,33). The summed E-state index contributed by atoms with van der Waals surface area (Å²) in [4.78, 5) is 8.74. The van der Waals surface area contributed by atoms with Crippen molar-refractivity contribution in [2.24, 2.45) is 5.73 Å². The molecule has 0 bridgehead atoms. The van der Waals surface area contributed by atoms with E-state index in [1.165, 1.54) is 22.2 Å². The number of nitrogens with two attached hydrogens (primary N) is 1. The van der Waals surface area contributed by atoms with Crippen molar-refractivity contribution in [3.05, 3.63) is 83.3 Å². The first-order valence-corrected chi connectivity index (χ1v) is 12.0. The summed E-state index contributed by atoms with van der Waals surface area (Å²) in [6.07, 6.45) is 9.01. The first-order valence-electron chi connectivity index (χ1n) is 12.0. The number of nitrogens with one attached hydrogen (secondary N) is 1. The summed E-state index contributed by atoms with van der Waals surface area (Å²) in [5.74, 6) is -0.735. The molecule has 0 saturated heterocycles. The van der Waals surface area contributed by atoms with Crippen LogP contribution in [0.25, 0.3) is 16.8 Å². The number of aromatic nitrogens is 4. The topological polar surface area (TPSA) is 90.4 Å². The van der Waals surface area contributed by atoms with Gasteiger partial charge in [0.15, 0.2) is 0 Å². The Morgan fingerprint density at radius 1 is 1.17 bits per heavy atom. The first kappa shape index (κ1) is 24.0. The maximum Gasteiger partial charge on any atom is 0.229 e. The molecule has 0 aliphatic heterocycles. The average Bonchev–Trinajstić information content (AvgIpc) is 3.24. The molecule has 3 aromatic heterocycles. The Balaban J connectivity index is 1.49. The second-order valence-electron chi connectivity index (χ2n) is 9.11. The fourth-order valence-electron chi connectivity index (χ4n) is 4.80. The zero-order valence-electron chi connectivity index (χ0n) is 20.2. The Bertz CT molecular complexity index is 1410. The quantitative estimate of drug-likeness (QED) is 0.333. The molecule has 9 heteroatoms. The van der Waals surface area contributed by atoms with E-state index in [2.05, 4.69) is 33.4 Å². The Hall–Kier alpha value is -3.69. The largest absolute Gasteiger partial charge is 0.377 e. The molecule has 0 radical (unpaired) electrons. The number of halogens is 2. The molecule has 1 aliphatic rings. The number of rotatable bonds is 7. The minimum Gasteiger partial charge on any atom is -0.377 e. The van der Waals surface area contributed by atoms with E-state index in [0.29, 0.717) is 23.6 Å². The number of hydrogen-bond acceptors (Lipinski definition) is 6. The van der Waals surface area contributed by atoms with Crippen LogP contribution in [0.2, 0.25) is 0 Å². The van der Waals surface area contributed by atoms with Gasteiger partial charge in [-0.1, -0.05) is 11.6 Å². The van der Waals surface area contributed by atoms with Crippen LogP contribution in [0.4, 0.5) is 20.4 Å². The highest BCUT2D eigenvalue weighted by Crippen LogP contribution is 2.36. The number of ether oxygens (including phenoxy) is 1. The number of allylic oxidation sites excluding steroid dienone is 1. The number of benzene rings is 1. The maximum absolute atomic E-state index is 14.9. The van der Waals surface area contributed by atoms with Crippen molar-refractivity contribution in [3.8, 4) is 11.3 Å². The van der Waals surface area contributed by atoms with Crippen molar-refractivity contribution < 1.29 is 13.5 Å². The van der Waals surface area contributed by atoms with Crippen LogP contribution in [-0.4, -0.2) is 32.2 Å². The van der Waals surface area contributed by atoms with E-state index in [4.69, 9.17) is 10.5 Å². The molecule has 0 saturated carbocycles. The third kappa shape index (κ3) is 4.84. The number of imidazole rings is 1. The van der Waals surface area contributed by atoms with Crippen molar-refractivity contribution in [1.29, 1.82) is 0 Å². The normalized spacial score (nSPS) is 17.9. The van der Waals surface area contributed by atoms with E-state index < -0.39 is 11.6 Å². The molecule has 3 heterocycles. The molecular formula is C27H28F2N6O. The highest BCUT2D eigenvalue weighted by molar-refractivity contribution is 5.66. The van der Waals surface area contributed by atoms with E-state index in [1.807, 2.05) is 13.0 Å². The van der Waals surface area contributed by atoms with Gasteiger partial charge in [-0.15, -0.1) is 0 Å². The van der Waals surface area contributed by atoms with Gasteiger partial charge in [0.05, 0.1) is 41.5 Å². The number of anilines is 2. The summed E-state index contributed by atoms with van der Waals surface area (Å²) in [6, 6.07) is 7.86. The molecule has 3 N–H and O–H groups in total. The number of pyridine rings is 1. The van der Waals surface area contributed by atoms with Crippen LogP contribution in [0.5, 0.6) is 0 Å². The molecule has 0 spiro atoms. The lowest BCUT2D eigenvalue weighted by atomic mass is 9.82. The lowest BCUT2D eigenvalue weighted by Crippen LogP contribution is -2.25. The molecule has 1 aliphatic carbocycles. The fourth-order valence-corrected chi connectivity index (χ4v) is 4.80. The van der Waals surface area contributed by atoms with Gasteiger partial charge in [-0.25, -0.2) is 13.8 Å². The summed E-state index contributed by atoms with van der Waals surface area (Å²) < 4.78 is 36.7. The molecule has 2 atom stereocenters. The summed E-state index contributed by atoms with van der Waals surface area (Å²) in [5.41, 5.74) is 10.4. The average molecular weight is 491 g/mol. The predicted molar refractivity (Wildman–Crippen MR) is 135 cm³/mol. The van der Waals surface area contributed by atoms with Crippen LogP contribution in [-0.2, 0) is 11.3 Å². The van der Waals surface area contributed by atoms with E-state index in [-0.39, 0.29) is 29.8 Å². The zero-order chi connectivity index (χ0) is 25.2. The Morgan fingerprint density at radius 3 is 2.72 bits per heavy atom. The lowest BCUT2D eigenvalue weighted by molar-refractivity contribution is 0.133. The molecule has 7 nitrogen and oxygen atoms in total. The minimum atomic E-state index is -0.696. The van der Waals surface area contributed by atoms with Gasteiger partial charge in [0.25, 0.3) is 0 Å². The van der Waals surface area contributed by atoms with Gasteiger partial charge in [-0.05, 0) is 74.1 Å². The SMILES string of the molecule is CCOCc1cc(F)c(-c2ccc3cnc(Nc4cnccc4C4CC(C)=CC(N)C4)n3n2)c(F)c1. The van der Waals surface area contributed by atoms with Crippen LogP contribution >= 0.6 is 0 Å². The summed E-state index contributed by atoms with van der Waals surface area (Å²) >= 11 is 0. The molecule has 2 unspecified atom stereocenters. The van der Waals surface area contributed by atoms with Crippen molar-refractivity contribution >= 4 is 17.2 Å². The molecule has 4 aromatic rings.